The Kier molecular flexibility index (Phi) is 1.30. The van der Waals surface area contributed by atoms with E-state index in [4.69, 9.17) is 0 Å². The summed E-state index contributed by atoms with van der Waals surface area (Å²) in [6.45, 7) is 2.75. The molecule has 0 amide bonds. The Balaban J connectivity index is 2.84. The van der Waals surface area contributed by atoms with Crippen LogP contribution in [-0.2, 0) is 6.54 Å². The van der Waals surface area contributed by atoms with Crippen molar-refractivity contribution in [3.63, 3.8) is 0 Å². The van der Waals surface area contributed by atoms with Crippen molar-refractivity contribution in [3.8, 4) is 0 Å². The lowest BCUT2D eigenvalue weighted by Gasteiger charge is -1.75. The molecule has 0 spiro atoms. The summed E-state index contributed by atoms with van der Waals surface area (Å²) >= 11 is 0. The van der Waals surface area contributed by atoms with E-state index in [1.54, 1.807) is 0 Å². The highest BCUT2D eigenvalue weighted by Crippen LogP contribution is 1.93. The van der Waals surface area contributed by atoms with Crippen molar-refractivity contribution in [3.05, 3.63) is 17.5 Å². The zero-order valence-electron chi connectivity index (χ0n) is 4.94. The third-order valence-corrected chi connectivity index (χ3v) is 1.02. The Hall–Kier alpha value is -0.830. The maximum atomic E-state index is 3.95. The fraction of sp³-hybridized carbons (Fsp3) is 0.400. The molecule has 44 valence electrons. The van der Waals surface area contributed by atoms with E-state index in [2.05, 4.69) is 15.9 Å². The molecule has 3 heteroatoms. The molecule has 0 saturated carbocycles. The zero-order valence-corrected chi connectivity index (χ0v) is 4.94. The SMILES string of the molecule is Cc1cc(C[NH3+])n[nH]1. The highest BCUT2D eigenvalue weighted by atomic mass is 15.1. The molecule has 0 aliphatic heterocycles. The predicted molar refractivity (Wildman–Crippen MR) is 29.9 cm³/mol. The molecule has 3 nitrogen and oxygen atoms in total. The number of rotatable bonds is 1. The van der Waals surface area contributed by atoms with Gasteiger partial charge in [-0.05, 0) is 13.0 Å². The number of hydrogen-bond acceptors (Lipinski definition) is 1. The molecule has 4 N–H and O–H groups in total. The van der Waals surface area contributed by atoms with Crippen molar-refractivity contribution in [2.75, 3.05) is 0 Å². The summed E-state index contributed by atoms with van der Waals surface area (Å²) in [6.07, 6.45) is 0. The zero-order chi connectivity index (χ0) is 5.98. The number of quaternary nitrogens is 1. The van der Waals surface area contributed by atoms with Crippen LogP contribution in [0.15, 0.2) is 6.07 Å². The second-order valence-corrected chi connectivity index (χ2v) is 1.79. The Bertz CT molecular complexity index is 168. The second-order valence-electron chi connectivity index (χ2n) is 1.79. The number of hydrogen-bond donors (Lipinski definition) is 2. The van der Waals surface area contributed by atoms with Crippen LogP contribution in [0.2, 0.25) is 0 Å². The van der Waals surface area contributed by atoms with Gasteiger partial charge in [-0.25, -0.2) is 0 Å². The topological polar surface area (TPSA) is 56.3 Å². The summed E-state index contributed by atoms with van der Waals surface area (Å²) in [5, 5.41) is 6.78. The molecule has 0 aromatic carbocycles. The smallest absolute Gasteiger partial charge is 0.119 e. The van der Waals surface area contributed by atoms with Crippen LogP contribution in [0.5, 0.6) is 0 Å². The molecule has 1 rings (SSSR count). The predicted octanol–water partition coefficient (Wildman–Crippen LogP) is -0.540. The van der Waals surface area contributed by atoms with Gasteiger partial charge in [-0.1, -0.05) is 0 Å². The van der Waals surface area contributed by atoms with Gasteiger partial charge in [0.25, 0.3) is 0 Å². The third-order valence-electron chi connectivity index (χ3n) is 1.02. The summed E-state index contributed by atoms with van der Waals surface area (Å²) in [4.78, 5) is 0. The van der Waals surface area contributed by atoms with E-state index in [-0.39, 0.29) is 0 Å². The minimum absolute atomic E-state index is 0.768. The number of nitrogens with one attached hydrogen (secondary N) is 1. The van der Waals surface area contributed by atoms with Crippen LogP contribution in [0.3, 0.4) is 0 Å². The van der Waals surface area contributed by atoms with Crippen LogP contribution in [-0.4, -0.2) is 10.2 Å². The molecule has 0 aliphatic carbocycles. The Morgan fingerprint density at radius 2 is 2.62 bits per heavy atom. The first-order chi connectivity index (χ1) is 3.83. The van der Waals surface area contributed by atoms with Crippen LogP contribution in [0, 0.1) is 6.92 Å². The van der Waals surface area contributed by atoms with Crippen molar-refractivity contribution in [1.29, 1.82) is 0 Å². The van der Waals surface area contributed by atoms with Crippen molar-refractivity contribution in [1.82, 2.24) is 10.2 Å². The van der Waals surface area contributed by atoms with E-state index in [1.165, 1.54) is 0 Å². The molecule has 0 saturated heterocycles. The second kappa shape index (κ2) is 1.96. The summed E-state index contributed by atoms with van der Waals surface area (Å²) in [6, 6.07) is 1.99. The minimum Gasteiger partial charge on any atom is -0.352 e. The molecule has 0 atom stereocenters. The molecule has 1 aromatic rings. The summed E-state index contributed by atoms with van der Waals surface area (Å²) in [5.41, 5.74) is 5.82. The molecule has 0 fully saturated rings. The summed E-state index contributed by atoms with van der Waals surface area (Å²) < 4.78 is 0. The van der Waals surface area contributed by atoms with E-state index < -0.39 is 0 Å². The summed E-state index contributed by atoms with van der Waals surface area (Å²) in [5.74, 6) is 0. The Morgan fingerprint density at radius 1 is 1.88 bits per heavy atom. The van der Waals surface area contributed by atoms with Gasteiger partial charge in [0, 0.05) is 5.69 Å². The molecule has 1 heterocycles. The maximum absolute atomic E-state index is 3.95. The largest absolute Gasteiger partial charge is 0.352 e. The highest BCUT2D eigenvalue weighted by Gasteiger charge is 1.92. The molecular formula is C5H10N3+. The van der Waals surface area contributed by atoms with Gasteiger partial charge in [0.1, 0.15) is 12.2 Å². The maximum Gasteiger partial charge on any atom is 0.119 e. The first-order valence-corrected chi connectivity index (χ1v) is 2.63. The van der Waals surface area contributed by atoms with Crippen LogP contribution in [0.4, 0.5) is 0 Å². The van der Waals surface area contributed by atoms with E-state index in [0.717, 1.165) is 17.9 Å². The number of aryl methyl sites for hydroxylation is 1. The monoisotopic (exact) mass is 112 g/mol. The Labute approximate surface area is 47.9 Å². The van der Waals surface area contributed by atoms with Gasteiger partial charge < -0.3 is 5.73 Å². The molecule has 8 heavy (non-hydrogen) atoms. The first-order valence-electron chi connectivity index (χ1n) is 2.63. The normalized spacial score (nSPS) is 9.75. The standard InChI is InChI=1S/C5H9N3/c1-4-2-5(3-6)8-7-4/h2H,3,6H2,1H3,(H,7,8)/p+1. The van der Waals surface area contributed by atoms with Gasteiger partial charge in [0.15, 0.2) is 0 Å². The lowest BCUT2D eigenvalue weighted by Crippen LogP contribution is -2.47. The van der Waals surface area contributed by atoms with Gasteiger partial charge in [0.2, 0.25) is 0 Å². The number of nitrogens with zero attached hydrogens (tertiary/aromatic N) is 1. The highest BCUT2D eigenvalue weighted by molar-refractivity contribution is 5.04. The average Bonchev–Trinajstić information content (AvgIpc) is 2.14. The van der Waals surface area contributed by atoms with Gasteiger partial charge in [0.05, 0.1) is 0 Å². The molecular weight excluding hydrogens is 102 g/mol. The van der Waals surface area contributed by atoms with Crippen LogP contribution in [0.1, 0.15) is 11.4 Å². The van der Waals surface area contributed by atoms with Gasteiger partial charge in [-0.2, -0.15) is 5.10 Å². The summed E-state index contributed by atoms with van der Waals surface area (Å²) in [7, 11) is 0. The number of aromatic nitrogens is 2. The molecule has 0 unspecified atom stereocenters. The van der Waals surface area contributed by atoms with E-state index in [0.29, 0.717) is 0 Å². The molecule has 0 aliphatic rings. The van der Waals surface area contributed by atoms with E-state index in [1.807, 2.05) is 13.0 Å². The molecule has 0 bridgehead atoms. The van der Waals surface area contributed by atoms with Gasteiger partial charge in [-0.15, -0.1) is 0 Å². The quantitative estimate of drug-likeness (QED) is 0.503. The average molecular weight is 112 g/mol. The fourth-order valence-corrected chi connectivity index (χ4v) is 0.603. The number of H-pyrrole nitrogens is 1. The van der Waals surface area contributed by atoms with E-state index in [9.17, 15) is 0 Å². The first kappa shape index (κ1) is 5.31. The van der Waals surface area contributed by atoms with Crippen molar-refractivity contribution >= 4 is 0 Å². The lowest BCUT2D eigenvalue weighted by molar-refractivity contribution is -0.387. The lowest BCUT2D eigenvalue weighted by atomic mass is 10.4. The van der Waals surface area contributed by atoms with E-state index >= 15 is 0 Å². The van der Waals surface area contributed by atoms with Gasteiger partial charge >= 0.3 is 0 Å². The van der Waals surface area contributed by atoms with Crippen LogP contribution in [0.25, 0.3) is 0 Å². The number of aromatic amines is 1. The van der Waals surface area contributed by atoms with Crippen molar-refractivity contribution < 1.29 is 5.73 Å². The molecule has 0 radical (unpaired) electrons. The minimum atomic E-state index is 0.768. The third kappa shape index (κ3) is 0.869. The van der Waals surface area contributed by atoms with Gasteiger partial charge in [-0.3, -0.25) is 5.10 Å². The van der Waals surface area contributed by atoms with Crippen LogP contribution >= 0.6 is 0 Å². The van der Waals surface area contributed by atoms with Crippen LogP contribution < -0.4 is 5.73 Å². The fourth-order valence-electron chi connectivity index (χ4n) is 0.603. The molecule has 1 aromatic heterocycles. The van der Waals surface area contributed by atoms with Crippen molar-refractivity contribution in [2.24, 2.45) is 0 Å². The van der Waals surface area contributed by atoms with Crippen molar-refractivity contribution in [2.45, 2.75) is 13.5 Å². The Morgan fingerprint density at radius 3 is 2.88 bits per heavy atom.